The van der Waals surface area contributed by atoms with Crippen LogP contribution >= 0.6 is 0 Å². The molecule has 0 spiro atoms. The molecule has 0 aromatic rings. The summed E-state index contributed by atoms with van der Waals surface area (Å²) in [5, 5.41) is 0. The molecule has 0 saturated heterocycles. The summed E-state index contributed by atoms with van der Waals surface area (Å²) in [4.78, 5) is 10.0. The zero-order valence-corrected chi connectivity index (χ0v) is 8.47. The van der Waals surface area contributed by atoms with Crippen LogP contribution in [0.1, 0.15) is 0 Å². The third-order valence-corrected chi connectivity index (χ3v) is 1.11. The van der Waals surface area contributed by atoms with E-state index < -0.39 is 21.8 Å². The summed E-state index contributed by atoms with van der Waals surface area (Å²) < 4.78 is 33.1. The van der Waals surface area contributed by atoms with Crippen molar-refractivity contribution in [2.24, 2.45) is 0 Å². The van der Waals surface area contributed by atoms with Crippen LogP contribution in [0.25, 0.3) is 0 Å². The molecule has 0 fully saturated rings. The van der Waals surface area contributed by atoms with Gasteiger partial charge in [-0.2, -0.15) is 0 Å². The fourth-order valence-corrected chi connectivity index (χ4v) is 0.610. The van der Waals surface area contributed by atoms with Gasteiger partial charge in [0.15, 0.2) is 0 Å². The number of carbonyl (C=O) groups is 1. The maximum atomic E-state index is 10.0. The fourth-order valence-electron chi connectivity index (χ4n) is 0.203. The molecule has 10 heavy (non-hydrogen) atoms. The van der Waals surface area contributed by atoms with E-state index >= 15 is 0 Å². The predicted octanol–water partition coefficient (Wildman–Crippen LogP) is -4.29. The molecule has 0 aliphatic heterocycles. The van der Waals surface area contributed by atoms with Crippen molar-refractivity contribution in [1.82, 2.24) is 0 Å². The molecule has 54 valence electrons. The van der Waals surface area contributed by atoms with E-state index in [2.05, 4.69) is 4.74 Å². The number of ether oxygens (including phenoxy) is 1. The minimum absolute atomic E-state index is 0. The van der Waals surface area contributed by atoms with E-state index in [1.807, 2.05) is 0 Å². The second kappa shape index (κ2) is 5.09. The minimum atomic E-state index is -4.46. The molecule has 0 aromatic heterocycles. The van der Waals surface area contributed by atoms with Crippen molar-refractivity contribution in [2.45, 2.75) is 0 Å². The van der Waals surface area contributed by atoms with E-state index in [0.717, 1.165) is 7.11 Å². The molecule has 0 aliphatic carbocycles. The largest absolute Gasteiger partial charge is 1.00 e. The minimum Gasteiger partial charge on any atom is -0.748 e. The number of hydrogen-bond donors (Lipinski definition) is 0. The van der Waals surface area contributed by atoms with E-state index in [-0.39, 0.29) is 29.6 Å². The van der Waals surface area contributed by atoms with Gasteiger partial charge >= 0.3 is 35.5 Å². The number of carbonyl (C=O) groups excluding carboxylic acids is 1. The number of rotatable bonds is 2. The average Bonchev–Trinajstić information content (AvgIpc) is 1.62. The Balaban J connectivity index is 0. The van der Waals surface area contributed by atoms with Crippen molar-refractivity contribution >= 4 is 16.1 Å². The average molecular weight is 176 g/mol. The van der Waals surface area contributed by atoms with Crippen LogP contribution in [0.4, 0.5) is 0 Å². The molecule has 0 unspecified atom stereocenters. The summed E-state index contributed by atoms with van der Waals surface area (Å²) in [6, 6.07) is 0. The molecule has 5 nitrogen and oxygen atoms in total. The monoisotopic (exact) mass is 176 g/mol. The first-order valence-corrected chi connectivity index (χ1v) is 3.54. The first-order chi connectivity index (χ1) is 3.95. The molecule has 0 N–H and O–H groups in total. The van der Waals surface area contributed by atoms with Gasteiger partial charge < -0.3 is 9.29 Å². The smallest absolute Gasteiger partial charge is 0.748 e. The van der Waals surface area contributed by atoms with Gasteiger partial charge in [0.25, 0.3) is 0 Å². The Labute approximate surface area is 80.8 Å². The second-order valence-electron chi connectivity index (χ2n) is 1.28. The third kappa shape index (κ3) is 8.38. The third-order valence-electron chi connectivity index (χ3n) is 0.522. The Morgan fingerprint density at radius 3 is 2.10 bits per heavy atom. The fraction of sp³-hybridized carbons (Fsp3) is 0.667. The Morgan fingerprint density at radius 2 is 2.00 bits per heavy atom. The van der Waals surface area contributed by atoms with Gasteiger partial charge in [-0.3, -0.25) is 4.79 Å². The molecule has 0 heterocycles. The number of methoxy groups -OCH3 is 1. The molecule has 0 rings (SSSR count). The molecule has 0 aliphatic rings. The van der Waals surface area contributed by atoms with Gasteiger partial charge in [-0.15, -0.1) is 0 Å². The molecule has 0 bridgehead atoms. The Bertz CT molecular complexity index is 195. The van der Waals surface area contributed by atoms with Crippen LogP contribution in [0.15, 0.2) is 0 Å². The summed E-state index contributed by atoms with van der Waals surface area (Å²) in [5.74, 6) is -2.13. The molecule has 0 saturated carbocycles. The van der Waals surface area contributed by atoms with Gasteiger partial charge in [0, 0.05) is 0 Å². The summed E-state index contributed by atoms with van der Waals surface area (Å²) in [6.07, 6.45) is 0. The molecular weight excluding hydrogens is 171 g/mol. The van der Waals surface area contributed by atoms with Gasteiger partial charge in [0.1, 0.15) is 15.9 Å². The van der Waals surface area contributed by atoms with Crippen molar-refractivity contribution in [1.29, 1.82) is 0 Å². The topological polar surface area (TPSA) is 83.5 Å². The van der Waals surface area contributed by atoms with Gasteiger partial charge in [-0.25, -0.2) is 8.42 Å². The predicted molar refractivity (Wildman–Crippen MR) is 26.6 cm³/mol. The van der Waals surface area contributed by atoms with E-state index in [9.17, 15) is 17.8 Å². The van der Waals surface area contributed by atoms with Crippen molar-refractivity contribution in [2.75, 3.05) is 12.9 Å². The van der Waals surface area contributed by atoms with Crippen molar-refractivity contribution in [3.05, 3.63) is 0 Å². The Morgan fingerprint density at radius 1 is 1.60 bits per heavy atom. The molecule has 0 amide bonds. The summed E-state index contributed by atoms with van der Waals surface area (Å²) >= 11 is 0. The molecule has 0 aromatic carbocycles. The standard InChI is InChI=1S/C3H6O5S.Na/c1-8-3(4)2-9(5,6)7;/h2H2,1H3,(H,5,6,7);/q;+1/p-1. The molecule has 7 heteroatoms. The van der Waals surface area contributed by atoms with Crippen LogP contribution in [0.5, 0.6) is 0 Å². The Hall–Kier alpha value is 0.380. The van der Waals surface area contributed by atoms with Crippen molar-refractivity contribution in [3.8, 4) is 0 Å². The number of esters is 1. The summed E-state index contributed by atoms with van der Waals surface area (Å²) in [7, 11) is -3.45. The maximum absolute atomic E-state index is 10.0. The molecule has 0 radical (unpaired) electrons. The van der Waals surface area contributed by atoms with Crippen LogP contribution in [0.2, 0.25) is 0 Å². The van der Waals surface area contributed by atoms with Crippen molar-refractivity contribution < 1.29 is 52.1 Å². The number of hydrogen-bond acceptors (Lipinski definition) is 5. The van der Waals surface area contributed by atoms with E-state index in [0.29, 0.717) is 0 Å². The van der Waals surface area contributed by atoms with Gasteiger partial charge in [0.05, 0.1) is 7.11 Å². The van der Waals surface area contributed by atoms with Crippen LogP contribution in [-0.2, 0) is 19.6 Å². The quantitative estimate of drug-likeness (QED) is 0.241. The van der Waals surface area contributed by atoms with Gasteiger partial charge in [-0.05, 0) is 0 Å². The zero-order chi connectivity index (χ0) is 7.49. The zero-order valence-electron chi connectivity index (χ0n) is 5.66. The normalized spacial score (nSPS) is 9.80. The van der Waals surface area contributed by atoms with E-state index in [4.69, 9.17) is 0 Å². The SMILES string of the molecule is COC(=O)CS(=O)(=O)[O-].[Na+]. The second-order valence-corrected chi connectivity index (χ2v) is 2.68. The van der Waals surface area contributed by atoms with Crippen LogP contribution in [0, 0.1) is 0 Å². The van der Waals surface area contributed by atoms with Crippen LogP contribution in [0.3, 0.4) is 0 Å². The van der Waals surface area contributed by atoms with Crippen LogP contribution < -0.4 is 29.6 Å². The maximum Gasteiger partial charge on any atom is 1.00 e. The van der Waals surface area contributed by atoms with Gasteiger partial charge in [-0.1, -0.05) is 0 Å². The summed E-state index contributed by atoms with van der Waals surface area (Å²) in [6.45, 7) is 0. The molecular formula is C3H5NaO5S. The van der Waals surface area contributed by atoms with E-state index in [1.165, 1.54) is 0 Å². The first-order valence-electron chi connectivity index (χ1n) is 1.96. The molecule has 0 atom stereocenters. The Kier molecular flexibility index (Phi) is 6.61. The first kappa shape index (κ1) is 13.0. The summed E-state index contributed by atoms with van der Waals surface area (Å²) in [5.41, 5.74) is 0. The van der Waals surface area contributed by atoms with Crippen LogP contribution in [-0.4, -0.2) is 31.8 Å². The van der Waals surface area contributed by atoms with E-state index in [1.54, 1.807) is 0 Å². The van der Waals surface area contributed by atoms with Crippen molar-refractivity contribution in [3.63, 3.8) is 0 Å². The van der Waals surface area contributed by atoms with Gasteiger partial charge in [0.2, 0.25) is 0 Å².